The Balaban J connectivity index is 2.46. The van der Waals surface area contributed by atoms with E-state index in [2.05, 4.69) is 0 Å². The fourth-order valence-electron chi connectivity index (χ4n) is 1.94. The number of benzene rings is 2. The summed E-state index contributed by atoms with van der Waals surface area (Å²) in [6.07, 6.45) is 3.50. The Morgan fingerprint density at radius 3 is 2.50 bits per heavy atom. The van der Waals surface area contributed by atoms with E-state index in [0.29, 0.717) is 4.90 Å². The molecule has 0 aliphatic carbocycles. The van der Waals surface area contributed by atoms with Crippen molar-refractivity contribution in [2.24, 2.45) is 0 Å². The van der Waals surface area contributed by atoms with E-state index in [0.717, 1.165) is 16.3 Å². The Bertz CT molecular complexity index is 720. The van der Waals surface area contributed by atoms with Crippen LogP contribution in [0.5, 0.6) is 0 Å². The molecule has 0 amide bonds. The van der Waals surface area contributed by atoms with E-state index in [1.165, 1.54) is 5.37 Å². The highest BCUT2D eigenvalue weighted by atomic mass is 32.2. The lowest BCUT2D eigenvalue weighted by Crippen LogP contribution is -2.07. The molecule has 2 nitrogen and oxygen atoms in total. The van der Waals surface area contributed by atoms with Crippen molar-refractivity contribution in [3.8, 4) is 0 Å². The SMILES string of the molecule is O=S1(O)=CC=Cc2cc3ccccc3cc21. The monoisotopic (exact) mass is 230 g/mol. The maximum Gasteiger partial charge on any atom is 0.111 e. The molecule has 3 rings (SSSR count). The van der Waals surface area contributed by atoms with Gasteiger partial charge < -0.3 is 4.55 Å². The van der Waals surface area contributed by atoms with Gasteiger partial charge in [-0.3, -0.25) is 0 Å². The summed E-state index contributed by atoms with van der Waals surface area (Å²) in [5.41, 5.74) is 0.828. The van der Waals surface area contributed by atoms with Crippen LogP contribution >= 0.6 is 0 Å². The summed E-state index contributed by atoms with van der Waals surface area (Å²) in [5.74, 6) is 0. The smallest absolute Gasteiger partial charge is 0.111 e. The van der Waals surface area contributed by atoms with Crippen molar-refractivity contribution in [1.82, 2.24) is 0 Å². The van der Waals surface area contributed by atoms with Crippen LogP contribution in [0, 0.1) is 0 Å². The molecule has 1 N–H and O–H groups in total. The minimum absolute atomic E-state index is 0.508. The van der Waals surface area contributed by atoms with Crippen LogP contribution in [0.2, 0.25) is 0 Å². The van der Waals surface area contributed by atoms with Gasteiger partial charge in [0.25, 0.3) is 0 Å². The molecule has 2 aromatic carbocycles. The fraction of sp³-hybridized carbons (Fsp3) is 0. The highest BCUT2D eigenvalue weighted by molar-refractivity contribution is 7.96. The third kappa shape index (κ3) is 1.37. The van der Waals surface area contributed by atoms with Gasteiger partial charge in [-0.05, 0) is 28.5 Å². The van der Waals surface area contributed by atoms with Crippen LogP contribution in [0.15, 0.2) is 47.4 Å². The molecule has 0 fully saturated rings. The lowest BCUT2D eigenvalue weighted by atomic mass is 10.1. The molecule has 0 saturated carbocycles. The highest BCUT2D eigenvalue weighted by Gasteiger charge is 2.14. The van der Waals surface area contributed by atoms with Crippen LogP contribution in [0.3, 0.4) is 0 Å². The molecule has 0 bridgehead atoms. The van der Waals surface area contributed by atoms with Crippen molar-refractivity contribution in [2.75, 3.05) is 0 Å². The van der Waals surface area contributed by atoms with Crippen LogP contribution in [0.4, 0.5) is 0 Å². The second kappa shape index (κ2) is 3.20. The van der Waals surface area contributed by atoms with E-state index in [-0.39, 0.29) is 0 Å². The fourth-order valence-corrected chi connectivity index (χ4v) is 3.14. The summed E-state index contributed by atoms with van der Waals surface area (Å²) in [6, 6.07) is 11.6. The van der Waals surface area contributed by atoms with Crippen LogP contribution in [-0.2, 0) is 9.80 Å². The molecule has 1 unspecified atom stereocenters. The number of hydrogen-bond acceptors (Lipinski definition) is 1. The summed E-state index contributed by atoms with van der Waals surface area (Å²) >= 11 is 0. The van der Waals surface area contributed by atoms with Gasteiger partial charge in [-0.25, -0.2) is 4.21 Å². The highest BCUT2D eigenvalue weighted by Crippen LogP contribution is 2.26. The standard InChI is InChI=1S/C13H10O2S/c14-16(15)7-3-6-12-8-10-4-1-2-5-11(10)9-13(12)16/h1-9H,(H,14,15). The average Bonchev–Trinajstić information content (AvgIpc) is 2.27. The molecular formula is C13H10O2S. The zero-order valence-corrected chi connectivity index (χ0v) is 9.28. The van der Waals surface area contributed by atoms with Gasteiger partial charge in [-0.2, -0.15) is 0 Å². The van der Waals surface area contributed by atoms with E-state index >= 15 is 0 Å². The van der Waals surface area contributed by atoms with Gasteiger partial charge in [0.15, 0.2) is 0 Å². The second-order valence-corrected chi connectivity index (χ2v) is 5.65. The Morgan fingerprint density at radius 1 is 1.06 bits per heavy atom. The summed E-state index contributed by atoms with van der Waals surface area (Å²) in [5, 5.41) is 3.43. The minimum atomic E-state index is -3.00. The topological polar surface area (TPSA) is 37.3 Å². The predicted octanol–water partition coefficient (Wildman–Crippen LogP) is 2.79. The summed E-state index contributed by atoms with van der Waals surface area (Å²) in [6.45, 7) is 0. The van der Waals surface area contributed by atoms with Gasteiger partial charge >= 0.3 is 0 Å². The average molecular weight is 230 g/mol. The molecule has 16 heavy (non-hydrogen) atoms. The van der Waals surface area contributed by atoms with Gasteiger partial charge in [-0.1, -0.05) is 36.4 Å². The van der Waals surface area contributed by atoms with Crippen LogP contribution in [0.1, 0.15) is 5.56 Å². The molecular weight excluding hydrogens is 220 g/mol. The lowest BCUT2D eigenvalue weighted by Gasteiger charge is -2.12. The van der Waals surface area contributed by atoms with Crippen molar-refractivity contribution >= 4 is 32.0 Å². The summed E-state index contributed by atoms with van der Waals surface area (Å²) in [4.78, 5) is 0.508. The first kappa shape index (κ1) is 9.63. The molecule has 0 spiro atoms. The van der Waals surface area contributed by atoms with Crippen molar-refractivity contribution in [1.29, 1.82) is 0 Å². The molecule has 1 aliphatic heterocycles. The quantitative estimate of drug-likeness (QED) is 0.707. The van der Waals surface area contributed by atoms with Crippen LogP contribution < -0.4 is 0 Å². The first-order valence-corrected chi connectivity index (χ1v) is 6.55. The zero-order chi connectivity index (χ0) is 11.2. The zero-order valence-electron chi connectivity index (χ0n) is 8.46. The Labute approximate surface area is 94.1 Å². The summed E-state index contributed by atoms with van der Waals surface area (Å²) in [7, 11) is -3.00. The maximum absolute atomic E-state index is 11.9. The third-order valence-electron chi connectivity index (χ3n) is 2.73. The van der Waals surface area contributed by atoms with E-state index in [9.17, 15) is 8.76 Å². The van der Waals surface area contributed by atoms with Gasteiger partial charge in [0.1, 0.15) is 9.80 Å². The van der Waals surface area contributed by atoms with Crippen LogP contribution in [-0.4, -0.2) is 14.1 Å². The lowest BCUT2D eigenvalue weighted by molar-refractivity contribution is 0.559. The normalized spacial score (nSPS) is 22.8. The van der Waals surface area contributed by atoms with E-state index < -0.39 is 9.80 Å². The molecule has 1 aliphatic rings. The Kier molecular flexibility index (Phi) is 1.93. The molecule has 0 aromatic heterocycles. The molecule has 0 radical (unpaired) electrons. The van der Waals surface area contributed by atoms with E-state index in [4.69, 9.17) is 0 Å². The minimum Gasteiger partial charge on any atom is -0.310 e. The van der Waals surface area contributed by atoms with E-state index in [1.54, 1.807) is 12.1 Å². The number of allylic oxidation sites excluding steroid dienone is 1. The molecule has 2 aromatic rings. The second-order valence-electron chi connectivity index (χ2n) is 3.80. The van der Waals surface area contributed by atoms with Gasteiger partial charge in [0.2, 0.25) is 0 Å². The predicted molar refractivity (Wildman–Crippen MR) is 68.1 cm³/mol. The van der Waals surface area contributed by atoms with Crippen molar-refractivity contribution < 1.29 is 8.76 Å². The number of hydrogen-bond donors (Lipinski definition) is 1. The largest absolute Gasteiger partial charge is 0.310 e. The number of rotatable bonds is 0. The Hall–Kier alpha value is -1.58. The molecule has 0 saturated heterocycles. The third-order valence-corrected chi connectivity index (χ3v) is 4.24. The molecule has 80 valence electrons. The maximum atomic E-state index is 11.9. The molecule has 3 heteroatoms. The first-order valence-electron chi connectivity index (χ1n) is 4.98. The van der Waals surface area contributed by atoms with Crippen molar-refractivity contribution in [3.05, 3.63) is 48.0 Å². The van der Waals surface area contributed by atoms with Crippen molar-refractivity contribution in [3.63, 3.8) is 0 Å². The summed E-state index contributed by atoms with van der Waals surface area (Å²) < 4.78 is 21.7. The van der Waals surface area contributed by atoms with Crippen LogP contribution in [0.25, 0.3) is 16.8 Å². The Morgan fingerprint density at radius 2 is 1.75 bits per heavy atom. The van der Waals surface area contributed by atoms with Gasteiger partial charge in [0, 0.05) is 5.37 Å². The van der Waals surface area contributed by atoms with Gasteiger partial charge in [0.05, 0.1) is 4.90 Å². The van der Waals surface area contributed by atoms with E-state index in [1.807, 2.05) is 36.4 Å². The number of fused-ring (bicyclic) bond motifs is 2. The van der Waals surface area contributed by atoms with Crippen molar-refractivity contribution in [2.45, 2.75) is 4.90 Å². The molecule has 1 atom stereocenters. The first-order chi connectivity index (χ1) is 7.67. The van der Waals surface area contributed by atoms with Gasteiger partial charge in [-0.15, -0.1) is 0 Å². The molecule has 1 heterocycles.